The molecule has 2 aromatic carbocycles. The fourth-order valence-corrected chi connectivity index (χ4v) is 2.72. The van der Waals surface area contributed by atoms with Gasteiger partial charge in [0.15, 0.2) is 5.11 Å². The maximum Gasteiger partial charge on any atom is 0.171 e. The van der Waals surface area contributed by atoms with Gasteiger partial charge in [0.25, 0.3) is 0 Å². The number of benzene rings is 2. The van der Waals surface area contributed by atoms with Gasteiger partial charge in [0.1, 0.15) is 5.82 Å². The summed E-state index contributed by atoms with van der Waals surface area (Å²) in [4.78, 5) is 0. The monoisotopic (exact) mass is 336 g/mol. The number of aryl methyl sites for hydroxylation is 1. The molecule has 0 aliphatic rings. The van der Waals surface area contributed by atoms with Crippen molar-refractivity contribution in [3.63, 3.8) is 0 Å². The van der Waals surface area contributed by atoms with E-state index in [1.807, 2.05) is 12.1 Å². The molecular weight excluding hydrogens is 319 g/mol. The zero-order valence-corrected chi connectivity index (χ0v) is 14.1. The maximum absolute atomic E-state index is 13.2. The highest BCUT2D eigenvalue weighted by Gasteiger charge is 2.12. The molecule has 0 amide bonds. The first-order valence-corrected chi connectivity index (χ1v) is 7.88. The fourth-order valence-electron chi connectivity index (χ4n) is 2.28. The first-order chi connectivity index (χ1) is 10.5. The van der Waals surface area contributed by atoms with Crippen molar-refractivity contribution in [2.75, 3.05) is 5.32 Å². The lowest BCUT2D eigenvalue weighted by Crippen LogP contribution is -2.32. The Morgan fingerprint density at radius 1 is 1.27 bits per heavy atom. The van der Waals surface area contributed by atoms with E-state index in [2.05, 4.69) is 36.6 Å². The highest BCUT2D eigenvalue weighted by Crippen LogP contribution is 2.22. The van der Waals surface area contributed by atoms with Gasteiger partial charge in [0, 0.05) is 5.69 Å². The maximum atomic E-state index is 13.2. The van der Waals surface area contributed by atoms with E-state index in [1.165, 1.54) is 23.3 Å². The molecule has 0 saturated carbocycles. The number of rotatable bonds is 4. The summed E-state index contributed by atoms with van der Waals surface area (Å²) >= 11 is 11.1. The van der Waals surface area contributed by atoms with Crippen LogP contribution in [-0.4, -0.2) is 5.11 Å². The van der Waals surface area contributed by atoms with E-state index in [0.29, 0.717) is 10.8 Å². The molecule has 22 heavy (non-hydrogen) atoms. The van der Waals surface area contributed by atoms with Crippen molar-refractivity contribution in [3.8, 4) is 0 Å². The Morgan fingerprint density at radius 2 is 2.00 bits per heavy atom. The first-order valence-electron chi connectivity index (χ1n) is 7.09. The Labute approximate surface area is 140 Å². The molecule has 0 radical (unpaired) electrons. The Morgan fingerprint density at radius 3 is 2.64 bits per heavy atom. The molecule has 0 heterocycles. The van der Waals surface area contributed by atoms with Crippen LogP contribution in [0.5, 0.6) is 0 Å². The standard InChI is InChI=1S/C17H18ClFN2S/c1-3-16(13-7-5-4-6-11(13)2)21-17(22)20-12-8-9-15(19)14(18)10-12/h4-10,16H,3H2,1-2H3,(H2,20,21,22)/t16-/m0/s1. The molecule has 2 aromatic rings. The van der Waals surface area contributed by atoms with Crippen LogP contribution in [0.25, 0.3) is 0 Å². The summed E-state index contributed by atoms with van der Waals surface area (Å²) in [6.07, 6.45) is 0.900. The Balaban J connectivity index is 2.06. The van der Waals surface area contributed by atoms with Gasteiger partial charge in [0.2, 0.25) is 0 Å². The zero-order chi connectivity index (χ0) is 16.1. The fraction of sp³-hybridized carbons (Fsp3) is 0.235. The van der Waals surface area contributed by atoms with Gasteiger partial charge in [-0.2, -0.15) is 0 Å². The van der Waals surface area contributed by atoms with Crippen molar-refractivity contribution in [3.05, 3.63) is 64.4 Å². The summed E-state index contributed by atoms with van der Waals surface area (Å²) in [5.74, 6) is -0.447. The van der Waals surface area contributed by atoms with Gasteiger partial charge in [-0.1, -0.05) is 42.8 Å². The number of thiocarbonyl (C=S) groups is 1. The minimum atomic E-state index is -0.447. The lowest BCUT2D eigenvalue weighted by molar-refractivity contribution is 0.625. The van der Waals surface area contributed by atoms with Gasteiger partial charge >= 0.3 is 0 Å². The second-order valence-corrected chi connectivity index (χ2v) is 5.86. The minimum Gasteiger partial charge on any atom is -0.356 e. The third-order valence-corrected chi connectivity index (χ3v) is 3.96. The summed E-state index contributed by atoms with van der Waals surface area (Å²) in [6.45, 7) is 4.18. The molecule has 2 rings (SSSR count). The van der Waals surface area contributed by atoms with Crippen LogP contribution in [0.15, 0.2) is 42.5 Å². The molecule has 0 saturated heterocycles. The molecule has 0 bridgehead atoms. The largest absolute Gasteiger partial charge is 0.356 e. The van der Waals surface area contributed by atoms with Gasteiger partial charge in [0.05, 0.1) is 11.1 Å². The molecule has 0 fully saturated rings. The van der Waals surface area contributed by atoms with Crippen molar-refractivity contribution < 1.29 is 4.39 Å². The number of hydrogen-bond acceptors (Lipinski definition) is 1. The summed E-state index contributed by atoms with van der Waals surface area (Å²) in [5.41, 5.74) is 3.09. The van der Waals surface area contributed by atoms with E-state index >= 15 is 0 Å². The van der Waals surface area contributed by atoms with E-state index in [9.17, 15) is 4.39 Å². The van der Waals surface area contributed by atoms with Gasteiger partial charge in [-0.15, -0.1) is 0 Å². The third-order valence-electron chi connectivity index (χ3n) is 3.45. The molecule has 0 spiro atoms. The predicted octanol–water partition coefficient (Wildman–Crippen LogP) is 5.23. The number of hydrogen-bond donors (Lipinski definition) is 2. The Hall–Kier alpha value is -1.65. The third kappa shape index (κ3) is 4.18. The summed E-state index contributed by atoms with van der Waals surface area (Å²) in [6, 6.07) is 12.8. The highest BCUT2D eigenvalue weighted by atomic mass is 35.5. The number of nitrogens with one attached hydrogen (secondary N) is 2. The molecule has 0 aromatic heterocycles. The Bertz CT molecular complexity index is 675. The summed E-state index contributed by atoms with van der Waals surface area (Å²) < 4.78 is 13.2. The average Bonchev–Trinajstić information content (AvgIpc) is 2.49. The smallest absolute Gasteiger partial charge is 0.171 e. The number of halogens is 2. The van der Waals surface area contributed by atoms with Crippen LogP contribution in [0.3, 0.4) is 0 Å². The van der Waals surface area contributed by atoms with Crippen LogP contribution in [0, 0.1) is 12.7 Å². The van der Waals surface area contributed by atoms with E-state index in [4.69, 9.17) is 23.8 Å². The summed E-state index contributed by atoms with van der Waals surface area (Å²) in [7, 11) is 0. The van der Waals surface area contributed by atoms with Crippen LogP contribution in [-0.2, 0) is 0 Å². The van der Waals surface area contributed by atoms with Gasteiger partial charge in [-0.05, 0) is 54.9 Å². The van der Waals surface area contributed by atoms with Crippen LogP contribution >= 0.6 is 23.8 Å². The normalized spacial score (nSPS) is 11.8. The SMILES string of the molecule is CC[C@H](NC(=S)Nc1ccc(F)c(Cl)c1)c1ccccc1C. The molecule has 0 aliphatic carbocycles. The van der Waals surface area contributed by atoms with Crippen molar-refractivity contribution >= 4 is 34.6 Å². The lowest BCUT2D eigenvalue weighted by atomic mass is 10.00. The van der Waals surface area contributed by atoms with Crippen LogP contribution in [0.1, 0.15) is 30.5 Å². The van der Waals surface area contributed by atoms with Gasteiger partial charge in [-0.25, -0.2) is 4.39 Å². The quantitative estimate of drug-likeness (QED) is 0.748. The molecule has 116 valence electrons. The molecule has 2 nitrogen and oxygen atoms in total. The number of anilines is 1. The molecule has 5 heteroatoms. The Kier molecular flexibility index (Phi) is 5.75. The second-order valence-electron chi connectivity index (χ2n) is 5.04. The molecule has 0 aliphatic heterocycles. The zero-order valence-electron chi connectivity index (χ0n) is 12.5. The van der Waals surface area contributed by atoms with Crippen molar-refractivity contribution in [1.29, 1.82) is 0 Å². The van der Waals surface area contributed by atoms with E-state index in [-0.39, 0.29) is 11.1 Å². The van der Waals surface area contributed by atoms with E-state index in [1.54, 1.807) is 6.07 Å². The molecule has 0 unspecified atom stereocenters. The van der Waals surface area contributed by atoms with E-state index < -0.39 is 5.82 Å². The predicted molar refractivity (Wildman–Crippen MR) is 95.0 cm³/mol. The first kappa shape index (κ1) is 16.7. The van der Waals surface area contributed by atoms with Gasteiger partial charge in [-0.3, -0.25) is 0 Å². The minimum absolute atomic E-state index is 0.0683. The average molecular weight is 337 g/mol. The van der Waals surface area contributed by atoms with E-state index in [0.717, 1.165) is 6.42 Å². The molecular formula is C17H18ClFN2S. The van der Waals surface area contributed by atoms with Crippen LogP contribution < -0.4 is 10.6 Å². The molecule has 2 N–H and O–H groups in total. The van der Waals surface area contributed by atoms with Crippen molar-refractivity contribution in [2.45, 2.75) is 26.3 Å². The topological polar surface area (TPSA) is 24.1 Å². The second kappa shape index (κ2) is 7.56. The van der Waals surface area contributed by atoms with Crippen LogP contribution in [0.2, 0.25) is 5.02 Å². The van der Waals surface area contributed by atoms with Gasteiger partial charge < -0.3 is 10.6 Å². The van der Waals surface area contributed by atoms with Crippen molar-refractivity contribution in [2.24, 2.45) is 0 Å². The van der Waals surface area contributed by atoms with Crippen LogP contribution in [0.4, 0.5) is 10.1 Å². The highest BCUT2D eigenvalue weighted by molar-refractivity contribution is 7.80. The lowest BCUT2D eigenvalue weighted by Gasteiger charge is -2.21. The summed E-state index contributed by atoms with van der Waals surface area (Å²) in [5, 5.41) is 6.88. The van der Waals surface area contributed by atoms with Crippen molar-refractivity contribution in [1.82, 2.24) is 5.32 Å². The molecule has 1 atom stereocenters.